The highest BCUT2D eigenvalue weighted by Gasteiger charge is 2.39. The van der Waals surface area contributed by atoms with Gasteiger partial charge in [0.15, 0.2) is 0 Å². The van der Waals surface area contributed by atoms with Crippen LogP contribution in [0.15, 0.2) is 24.3 Å². The summed E-state index contributed by atoms with van der Waals surface area (Å²) in [6, 6.07) is 7.21. The molecule has 1 amide bonds. The van der Waals surface area contributed by atoms with E-state index in [1.807, 2.05) is 12.1 Å². The number of hydrogen-bond donors (Lipinski definition) is 2. The van der Waals surface area contributed by atoms with Gasteiger partial charge in [-0.25, -0.2) is 0 Å². The number of nitrogens with one attached hydrogen (secondary N) is 1. The largest absolute Gasteiger partial charge is 0.484 e. The standard InChI is InChI=1S/C15H20N2O3S/c1-19-15(7-4-8-15)9-14(18)17-11-5-2-3-6-12(11)20-10-13(16)21/h2-3,5-6H,4,7-10H2,1H3,(H2,16,21)(H,17,18). The summed E-state index contributed by atoms with van der Waals surface area (Å²) in [6.07, 6.45) is 3.31. The number of carbonyl (C=O) groups is 1. The van der Waals surface area contributed by atoms with Gasteiger partial charge in [-0.05, 0) is 31.4 Å². The van der Waals surface area contributed by atoms with Gasteiger partial charge in [-0.15, -0.1) is 0 Å². The second-order valence-corrected chi connectivity index (χ2v) is 5.74. The summed E-state index contributed by atoms with van der Waals surface area (Å²) in [6.45, 7) is 0.143. The van der Waals surface area contributed by atoms with Crippen LogP contribution in [0, 0.1) is 0 Å². The Kier molecular flexibility index (Phi) is 5.14. The van der Waals surface area contributed by atoms with Gasteiger partial charge in [-0.2, -0.15) is 0 Å². The molecule has 3 N–H and O–H groups in total. The predicted molar refractivity (Wildman–Crippen MR) is 85.6 cm³/mol. The topological polar surface area (TPSA) is 73.6 Å². The van der Waals surface area contributed by atoms with E-state index in [2.05, 4.69) is 5.32 Å². The number of carbonyl (C=O) groups excluding carboxylic acids is 1. The van der Waals surface area contributed by atoms with Crippen LogP contribution in [-0.4, -0.2) is 30.2 Å². The number of benzene rings is 1. The molecule has 114 valence electrons. The van der Waals surface area contributed by atoms with E-state index in [0.29, 0.717) is 17.9 Å². The van der Waals surface area contributed by atoms with E-state index in [1.165, 1.54) is 0 Å². The number of nitrogens with two attached hydrogens (primary N) is 1. The Balaban J connectivity index is 1.98. The molecule has 1 aromatic rings. The van der Waals surface area contributed by atoms with E-state index in [9.17, 15) is 4.79 Å². The minimum Gasteiger partial charge on any atom is -0.484 e. The highest BCUT2D eigenvalue weighted by atomic mass is 32.1. The van der Waals surface area contributed by atoms with Crippen molar-refractivity contribution in [2.24, 2.45) is 5.73 Å². The van der Waals surface area contributed by atoms with Crippen molar-refractivity contribution in [3.8, 4) is 5.75 Å². The quantitative estimate of drug-likeness (QED) is 0.756. The Hall–Kier alpha value is -1.66. The Labute approximate surface area is 129 Å². The van der Waals surface area contributed by atoms with Crippen LogP contribution in [0.2, 0.25) is 0 Å². The maximum atomic E-state index is 12.2. The number of hydrogen-bond acceptors (Lipinski definition) is 4. The summed E-state index contributed by atoms with van der Waals surface area (Å²) in [5.41, 5.74) is 5.74. The van der Waals surface area contributed by atoms with Crippen LogP contribution in [0.4, 0.5) is 5.69 Å². The van der Waals surface area contributed by atoms with E-state index in [0.717, 1.165) is 19.3 Å². The molecule has 0 saturated heterocycles. The van der Waals surface area contributed by atoms with Crippen molar-refractivity contribution in [2.45, 2.75) is 31.3 Å². The van der Waals surface area contributed by atoms with Crippen LogP contribution in [0.25, 0.3) is 0 Å². The minimum absolute atomic E-state index is 0.0806. The number of methoxy groups -OCH3 is 1. The molecule has 0 aromatic heterocycles. The van der Waals surface area contributed by atoms with Crippen molar-refractivity contribution in [3.63, 3.8) is 0 Å². The van der Waals surface area contributed by atoms with Crippen molar-refractivity contribution in [2.75, 3.05) is 19.0 Å². The maximum absolute atomic E-state index is 12.2. The molecular weight excluding hydrogens is 288 g/mol. The van der Waals surface area contributed by atoms with Crippen molar-refractivity contribution >= 4 is 28.8 Å². The third-order valence-electron chi connectivity index (χ3n) is 3.71. The van der Waals surface area contributed by atoms with Crippen LogP contribution in [0.5, 0.6) is 5.75 Å². The molecule has 1 aliphatic rings. The van der Waals surface area contributed by atoms with Crippen molar-refractivity contribution in [1.82, 2.24) is 0 Å². The fraction of sp³-hybridized carbons (Fsp3) is 0.467. The average Bonchev–Trinajstić information content (AvgIpc) is 2.42. The van der Waals surface area contributed by atoms with Gasteiger partial charge in [-0.3, -0.25) is 4.79 Å². The first kappa shape index (κ1) is 15.7. The number of rotatable bonds is 7. The smallest absolute Gasteiger partial charge is 0.227 e. The van der Waals surface area contributed by atoms with Gasteiger partial charge in [0.25, 0.3) is 0 Å². The molecule has 2 rings (SSSR count). The zero-order valence-corrected chi connectivity index (χ0v) is 12.9. The van der Waals surface area contributed by atoms with Gasteiger partial charge < -0.3 is 20.5 Å². The summed E-state index contributed by atoms with van der Waals surface area (Å²) >= 11 is 4.79. The van der Waals surface area contributed by atoms with Crippen LogP contribution in [0.3, 0.4) is 0 Å². The molecule has 1 fully saturated rings. The molecular formula is C15H20N2O3S. The molecule has 21 heavy (non-hydrogen) atoms. The van der Waals surface area contributed by atoms with Crippen LogP contribution < -0.4 is 15.8 Å². The molecule has 1 aliphatic carbocycles. The monoisotopic (exact) mass is 308 g/mol. The van der Waals surface area contributed by atoms with Crippen LogP contribution in [-0.2, 0) is 9.53 Å². The summed E-state index contributed by atoms with van der Waals surface area (Å²) in [4.78, 5) is 12.4. The molecule has 1 saturated carbocycles. The summed E-state index contributed by atoms with van der Waals surface area (Å²) in [7, 11) is 1.66. The fourth-order valence-electron chi connectivity index (χ4n) is 2.36. The zero-order valence-electron chi connectivity index (χ0n) is 12.1. The average molecular weight is 308 g/mol. The molecule has 1 aromatic carbocycles. The second kappa shape index (κ2) is 6.87. The molecule has 0 unspecified atom stereocenters. The lowest BCUT2D eigenvalue weighted by atomic mass is 9.77. The molecule has 5 nitrogen and oxygen atoms in total. The van der Waals surface area contributed by atoms with Gasteiger partial charge in [0.1, 0.15) is 17.3 Å². The molecule has 0 aliphatic heterocycles. The van der Waals surface area contributed by atoms with E-state index < -0.39 is 0 Å². The summed E-state index contributed by atoms with van der Waals surface area (Å²) in [5.74, 6) is 0.474. The van der Waals surface area contributed by atoms with E-state index in [1.54, 1.807) is 19.2 Å². The number of amides is 1. The zero-order chi connectivity index (χ0) is 15.3. The molecule has 0 heterocycles. The third-order valence-corrected chi connectivity index (χ3v) is 3.83. The van der Waals surface area contributed by atoms with Crippen LogP contribution in [0.1, 0.15) is 25.7 Å². The number of ether oxygens (including phenoxy) is 2. The maximum Gasteiger partial charge on any atom is 0.227 e. The number of thiocarbonyl (C=S) groups is 1. The molecule has 0 spiro atoms. The summed E-state index contributed by atoms with van der Waals surface area (Å²) in [5, 5.41) is 2.86. The predicted octanol–water partition coefficient (Wildman–Crippen LogP) is 2.25. The molecule has 0 atom stereocenters. The minimum atomic E-state index is -0.293. The number of anilines is 1. The lowest BCUT2D eigenvalue weighted by Gasteiger charge is -2.39. The van der Waals surface area contributed by atoms with Gasteiger partial charge in [-0.1, -0.05) is 24.4 Å². The van der Waals surface area contributed by atoms with Gasteiger partial charge in [0.05, 0.1) is 17.7 Å². The second-order valence-electron chi connectivity index (χ2n) is 5.22. The van der Waals surface area contributed by atoms with E-state index >= 15 is 0 Å². The lowest BCUT2D eigenvalue weighted by molar-refractivity contribution is -0.129. The highest BCUT2D eigenvalue weighted by Crippen LogP contribution is 2.38. The van der Waals surface area contributed by atoms with Crippen molar-refractivity contribution in [3.05, 3.63) is 24.3 Å². The Morgan fingerprint density at radius 1 is 1.43 bits per heavy atom. The normalized spacial score (nSPS) is 15.9. The van der Waals surface area contributed by atoms with Crippen molar-refractivity contribution < 1.29 is 14.3 Å². The van der Waals surface area contributed by atoms with Gasteiger partial charge in [0.2, 0.25) is 5.91 Å². The first-order chi connectivity index (χ1) is 10.0. The SMILES string of the molecule is COC1(CC(=O)Nc2ccccc2OCC(N)=S)CCC1. The molecule has 0 bridgehead atoms. The van der Waals surface area contributed by atoms with E-state index in [-0.39, 0.29) is 23.1 Å². The Morgan fingerprint density at radius 2 is 2.14 bits per heavy atom. The van der Waals surface area contributed by atoms with E-state index in [4.69, 9.17) is 27.4 Å². The van der Waals surface area contributed by atoms with Crippen molar-refractivity contribution in [1.29, 1.82) is 0 Å². The molecule has 0 radical (unpaired) electrons. The fourth-order valence-corrected chi connectivity index (χ4v) is 2.41. The van der Waals surface area contributed by atoms with Gasteiger partial charge in [0, 0.05) is 7.11 Å². The third kappa shape index (κ3) is 4.15. The van der Waals surface area contributed by atoms with Gasteiger partial charge >= 0.3 is 0 Å². The Bertz CT molecular complexity index is 524. The lowest BCUT2D eigenvalue weighted by Crippen LogP contribution is -2.42. The summed E-state index contributed by atoms with van der Waals surface area (Å²) < 4.78 is 10.9. The van der Waals surface area contributed by atoms with Crippen LogP contribution >= 0.6 is 12.2 Å². The first-order valence-corrected chi connectivity index (χ1v) is 7.31. The highest BCUT2D eigenvalue weighted by molar-refractivity contribution is 7.80. The first-order valence-electron chi connectivity index (χ1n) is 6.90. The molecule has 6 heteroatoms. The Morgan fingerprint density at radius 3 is 2.71 bits per heavy atom. The number of para-hydroxylation sites is 2.